The molecule has 0 aliphatic carbocycles. The first kappa shape index (κ1) is 12.4. The maximum Gasteiger partial charge on any atom is 0.258 e. The van der Waals surface area contributed by atoms with E-state index in [-0.39, 0.29) is 5.91 Å². The van der Waals surface area contributed by atoms with Crippen LogP contribution in [-0.2, 0) is 0 Å². The van der Waals surface area contributed by atoms with Crippen LogP contribution in [0, 0.1) is 0 Å². The summed E-state index contributed by atoms with van der Waals surface area (Å²) in [5, 5.41) is 10.1. The second kappa shape index (κ2) is 4.82. The van der Waals surface area contributed by atoms with E-state index >= 15 is 0 Å². The molecule has 2 heterocycles. The molecule has 1 amide bonds. The number of anilines is 1. The number of carbonyl (C=O) groups excluding carboxylic acids is 1. The minimum absolute atomic E-state index is 0.190. The van der Waals surface area contributed by atoms with E-state index in [9.17, 15) is 4.79 Å². The van der Waals surface area contributed by atoms with E-state index in [0.29, 0.717) is 11.4 Å². The molecule has 2 aromatic heterocycles. The third kappa shape index (κ3) is 2.31. The van der Waals surface area contributed by atoms with Gasteiger partial charge in [0.05, 0.1) is 11.8 Å². The van der Waals surface area contributed by atoms with Gasteiger partial charge in [-0.3, -0.25) is 9.89 Å². The first-order valence-corrected chi connectivity index (χ1v) is 7.00. The van der Waals surface area contributed by atoms with E-state index in [2.05, 4.69) is 52.4 Å². The van der Waals surface area contributed by atoms with Crippen LogP contribution in [0.25, 0.3) is 10.9 Å². The Labute approximate surface area is 125 Å². The van der Waals surface area contributed by atoms with Crippen molar-refractivity contribution in [2.24, 2.45) is 0 Å². The van der Waals surface area contributed by atoms with Crippen LogP contribution in [0.3, 0.4) is 0 Å². The molecule has 3 N–H and O–H groups in total. The summed E-state index contributed by atoms with van der Waals surface area (Å²) >= 11 is 6.87. The highest BCUT2D eigenvalue weighted by Crippen LogP contribution is 2.30. The number of halogens is 2. The van der Waals surface area contributed by atoms with Crippen molar-refractivity contribution in [1.29, 1.82) is 0 Å². The van der Waals surface area contributed by atoms with Gasteiger partial charge in [-0.15, -0.1) is 0 Å². The van der Waals surface area contributed by atoms with Crippen molar-refractivity contribution in [3.05, 3.63) is 45.1 Å². The van der Waals surface area contributed by atoms with Gasteiger partial charge in [-0.25, -0.2) is 0 Å². The summed E-state index contributed by atoms with van der Waals surface area (Å²) in [6.45, 7) is 0. The lowest BCUT2D eigenvalue weighted by molar-refractivity contribution is 0.102. The maximum atomic E-state index is 12.2. The van der Waals surface area contributed by atoms with E-state index in [0.717, 1.165) is 19.8 Å². The molecule has 0 unspecified atom stereocenters. The van der Waals surface area contributed by atoms with Crippen molar-refractivity contribution >= 4 is 54.5 Å². The minimum Gasteiger partial charge on any atom is -0.360 e. The number of aromatic amines is 2. The quantitative estimate of drug-likeness (QED) is 0.631. The lowest BCUT2D eigenvalue weighted by Crippen LogP contribution is -2.11. The SMILES string of the molecule is O=C(Nc1ccn[nH]1)c1c[nH]c2cc(Br)c(Br)cc12. The molecule has 5 nitrogen and oxygen atoms in total. The molecule has 0 saturated carbocycles. The topological polar surface area (TPSA) is 73.6 Å². The highest BCUT2D eigenvalue weighted by atomic mass is 79.9. The molecule has 0 aliphatic rings. The standard InChI is InChI=1S/C12H8Br2N4O/c13-8-3-6-7(5-15-10(6)4-9(8)14)12(19)17-11-1-2-16-18-11/h1-5,15H,(H2,16,17,18,19). The van der Waals surface area contributed by atoms with E-state index in [1.165, 1.54) is 0 Å². The molecule has 7 heteroatoms. The monoisotopic (exact) mass is 382 g/mol. The zero-order chi connectivity index (χ0) is 13.4. The number of fused-ring (bicyclic) bond motifs is 1. The molecule has 0 radical (unpaired) electrons. The number of carbonyl (C=O) groups is 1. The third-order valence-electron chi connectivity index (χ3n) is 2.72. The fourth-order valence-electron chi connectivity index (χ4n) is 1.82. The summed E-state index contributed by atoms with van der Waals surface area (Å²) in [7, 11) is 0. The second-order valence-electron chi connectivity index (χ2n) is 3.94. The number of hydrogen-bond donors (Lipinski definition) is 3. The van der Waals surface area contributed by atoms with Crippen molar-refractivity contribution in [2.75, 3.05) is 5.32 Å². The smallest absolute Gasteiger partial charge is 0.258 e. The van der Waals surface area contributed by atoms with Crippen LogP contribution in [0.2, 0.25) is 0 Å². The number of nitrogens with one attached hydrogen (secondary N) is 3. The Morgan fingerprint density at radius 1 is 1.26 bits per heavy atom. The van der Waals surface area contributed by atoms with Gasteiger partial charge in [0.25, 0.3) is 5.91 Å². The molecule has 0 atom stereocenters. The molecule has 19 heavy (non-hydrogen) atoms. The summed E-state index contributed by atoms with van der Waals surface area (Å²) in [5.41, 5.74) is 1.47. The molecule has 96 valence electrons. The fourth-order valence-corrected chi connectivity index (χ4v) is 2.51. The van der Waals surface area contributed by atoms with Crippen molar-refractivity contribution in [1.82, 2.24) is 15.2 Å². The zero-order valence-electron chi connectivity index (χ0n) is 9.50. The van der Waals surface area contributed by atoms with Crippen molar-refractivity contribution in [3.8, 4) is 0 Å². The van der Waals surface area contributed by atoms with Gasteiger partial charge in [0, 0.05) is 32.1 Å². The Bertz CT molecular complexity index is 749. The van der Waals surface area contributed by atoms with E-state index in [1.807, 2.05) is 12.1 Å². The van der Waals surface area contributed by atoms with Gasteiger partial charge in [-0.1, -0.05) is 0 Å². The van der Waals surface area contributed by atoms with Crippen LogP contribution in [0.15, 0.2) is 39.5 Å². The third-order valence-corrected chi connectivity index (χ3v) is 4.56. The van der Waals surface area contributed by atoms with Gasteiger partial charge in [0.2, 0.25) is 0 Å². The molecular formula is C12H8Br2N4O. The van der Waals surface area contributed by atoms with Gasteiger partial charge >= 0.3 is 0 Å². The lowest BCUT2D eigenvalue weighted by atomic mass is 10.1. The average Bonchev–Trinajstić information content (AvgIpc) is 2.99. The van der Waals surface area contributed by atoms with Gasteiger partial charge in [0.1, 0.15) is 5.82 Å². The molecule has 1 aromatic carbocycles. The number of amides is 1. The molecule has 3 rings (SSSR count). The van der Waals surface area contributed by atoms with E-state index < -0.39 is 0 Å². The highest BCUT2D eigenvalue weighted by Gasteiger charge is 2.14. The van der Waals surface area contributed by atoms with Gasteiger partial charge in [-0.05, 0) is 44.0 Å². The normalized spacial score (nSPS) is 10.8. The predicted molar refractivity (Wildman–Crippen MR) is 80.2 cm³/mol. The van der Waals surface area contributed by atoms with Gasteiger partial charge < -0.3 is 10.3 Å². The zero-order valence-corrected chi connectivity index (χ0v) is 12.7. The Morgan fingerprint density at radius 3 is 2.79 bits per heavy atom. The van der Waals surface area contributed by atoms with Gasteiger partial charge in [-0.2, -0.15) is 5.10 Å². The Kier molecular flexibility index (Phi) is 3.16. The lowest BCUT2D eigenvalue weighted by Gasteiger charge is -2.02. The molecular weight excluding hydrogens is 376 g/mol. The number of rotatable bonds is 2. The Morgan fingerprint density at radius 2 is 2.05 bits per heavy atom. The van der Waals surface area contributed by atoms with Crippen LogP contribution >= 0.6 is 31.9 Å². The average molecular weight is 384 g/mol. The van der Waals surface area contributed by atoms with Gasteiger partial charge in [0.15, 0.2) is 0 Å². The summed E-state index contributed by atoms with van der Waals surface area (Å²) in [5.74, 6) is 0.375. The molecule has 0 saturated heterocycles. The summed E-state index contributed by atoms with van der Waals surface area (Å²) in [6.07, 6.45) is 3.27. The predicted octanol–water partition coefficient (Wildman–Crippen LogP) is 3.67. The van der Waals surface area contributed by atoms with Crippen molar-refractivity contribution < 1.29 is 4.79 Å². The van der Waals surface area contributed by atoms with Crippen molar-refractivity contribution in [3.63, 3.8) is 0 Å². The first-order chi connectivity index (χ1) is 9.15. The number of H-pyrrole nitrogens is 2. The maximum absolute atomic E-state index is 12.2. The van der Waals surface area contributed by atoms with Crippen LogP contribution in [0.5, 0.6) is 0 Å². The summed E-state index contributed by atoms with van der Waals surface area (Å²) in [4.78, 5) is 15.3. The van der Waals surface area contributed by atoms with Crippen LogP contribution in [0.1, 0.15) is 10.4 Å². The van der Waals surface area contributed by atoms with Crippen LogP contribution in [-0.4, -0.2) is 21.1 Å². The Hall–Kier alpha value is -1.60. The number of nitrogens with zero attached hydrogens (tertiary/aromatic N) is 1. The second-order valence-corrected chi connectivity index (χ2v) is 5.65. The number of hydrogen-bond acceptors (Lipinski definition) is 2. The molecule has 0 fully saturated rings. The van der Waals surface area contributed by atoms with E-state index in [1.54, 1.807) is 18.5 Å². The number of benzene rings is 1. The summed E-state index contributed by atoms with van der Waals surface area (Å²) in [6, 6.07) is 5.52. The Balaban J connectivity index is 2.01. The van der Waals surface area contributed by atoms with Crippen LogP contribution in [0.4, 0.5) is 5.82 Å². The number of aromatic nitrogens is 3. The first-order valence-electron chi connectivity index (χ1n) is 5.42. The highest BCUT2D eigenvalue weighted by molar-refractivity contribution is 9.13. The van der Waals surface area contributed by atoms with Crippen molar-refractivity contribution in [2.45, 2.75) is 0 Å². The molecule has 0 aliphatic heterocycles. The summed E-state index contributed by atoms with van der Waals surface area (Å²) < 4.78 is 1.83. The molecule has 0 bridgehead atoms. The minimum atomic E-state index is -0.190. The fraction of sp³-hybridized carbons (Fsp3) is 0. The largest absolute Gasteiger partial charge is 0.360 e. The van der Waals surface area contributed by atoms with Crippen LogP contribution < -0.4 is 5.32 Å². The van der Waals surface area contributed by atoms with E-state index in [4.69, 9.17) is 0 Å². The molecule has 3 aromatic rings. The molecule has 0 spiro atoms.